The van der Waals surface area contributed by atoms with Gasteiger partial charge in [-0.1, -0.05) is 91.0 Å². The molecule has 0 saturated carbocycles. The molecular formula is C24H22N2O3S. The molecule has 0 fully saturated rings. The lowest BCUT2D eigenvalue weighted by molar-refractivity contribution is 0.309. The van der Waals surface area contributed by atoms with Crippen LogP contribution in [-0.4, -0.2) is 24.9 Å². The average molecular weight is 419 g/mol. The van der Waals surface area contributed by atoms with Crippen LogP contribution in [0, 0.1) is 0 Å². The largest absolute Gasteiger partial charge is 0.285 e. The Morgan fingerprint density at radius 3 is 1.63 bits per heavy atom. The molecule has 1 aromatic heterocycles. The van der Waals surface area contributed by atoms with Crippen LogP contribution in [0.15, 0.2) is 97.2 Å². The van der Waals surface area contributed by atoms with Gasteiger partial charge in [-0.25, -0.2) is 0 Å². The molecule has 0 amide bonds. The second-order valence-corrected chi connectivity index (χ2v) is 8.72. The van der Waals surface area contributed by atoms with Crippen LogP contribution in [0.1, 0.15) is 27.9 Å². The van der Waals surface area contributed by atoms with Gasteiger partial charge in [-0.15, -0.1) is 0 Å². The van der Waals surface area contributed by atoms with E-state index in [2.05, 4.69) is 46.6 Å². The Kier molecular flexibility index (Phi) is 5.53. The number of nitrogens with one attached hydrogen (secondary N) is 1. The second-order valence-electron chi connectivity index (χ2n) is 7.07. The molecule has 0 aliphatic heterocycles. The Morgan fingerprint density at radius 2 is 1.23 bits per heavy atom. The molecule has 0 unspecified atom stereocenters. The lowest BCUT2D eigenvalue weighted by Crippen LogP contribution is -2.32. The first-order chi connectivity index (χ1) is 14.5. The summed E-state index contributed by atoms with van der Waals surface area (Å²) in [7, 11) is -3.60. The van der Waals surface area contributed by atoms with E-state index in [0.717, 1.165) is 22.9 Å². The third kappa shape index (κ3) is 3.79. The summed E-state index contributed by atoms with van der Waals surface area (Å²) in [4.78, 5) is 0. The van der Waals surface area contributed by atoms with Crippen molar-refractivity contribution in [1.82, 2.24) is 10.2 Å². The van der Waals surface area contributed by atoms with E-state index in [9.17, 15) is 8.42 Å². The minimum atomic E-state index is -3.60. The molecule has 0 spiro atoms. The van der Waals surface area contributed by atoms with E-state index < -0.39 is 15.5 Å². The summed E-state index contributed by atoms with van der Waals surface area (Å²) >= 11 is 0. The number of benzene rings is 3. The number of rotatable bonds is 7. The summed E-state index contributed by atoms with van der Waals surface area (Å²) < 4.78 is 28.4. The van der Waals surface area contributed by atoms with E-state index in [4.69, 9.17) is 4.18 Å². The first-order valence-electron chi connectivity index (χ1n) is 9.56. The molecule has 0 atom stereocenters. The molecule has 0 saturated heterocycles. The molecule has 152 valence electrons. The number of aromatic amines is 1. The number of hydrogen-bond acceptors (Lipinski definition) is 4. The molecule has 0 radical (unpaired) electrons. The zero-order valence-electron chi connectivity index (χ0n) is 16.5. The molecule has 5 nitrogen and oxygen atoms in total. The molecule has 4 aromatic rings. The van der Waals surface area contributed by atoms with Gasteiger partial charge in [0.2, 0.25) is 0 Å². The maximum Gasteiger partial charge on any atom is 0.264 e. The normalized spacial score (nSPS) is 12.0. The molecule has 0 aliphatic carbocycles. The minimum absolute atomic E-state index is 0.0983. The van der Waals surface area contributed by atoms with Crippen molar-refractivity contribution in [3.05, 3.63) is 125 Å². The summed E-state index contributed by atoms with van der Waals surface area (Å²) in [5.74, 6) is 0. The molecule has 0 bridgehead atoms. The van der Waals surface area contributed by atoms with E-state index in [0.29, 0.717) is 11.3 Å². The van der Waals surface area contributed by atoms with Gasteiger partial charge in [-0.05, 0) is 16.7 Å². The summed E-state index contributed by atoms with van der Waals surface area (Å²) in [5, 5.41) is 7.54. The smallest absolute Gasteiger partial charge is 0.264 e. The van der Waals surface area contributed by atoms with Gasteiger partial charge < -0.3 is 0 Å². The fraction of sp³-hybridized carbons (Fsp3) is 0.125. The highest BCUT2D eigenvalue weighted by molar-refractivity contribution is 7.85. The number of aromatic nitrogens is 2. The van der Waals surface area contributed by atoms with Crippen LogP contribution in [0.4, 0.5) is 0 Å². The fourth-order valence-corrected chi connectivity index (χ4v) is 4.24. The maximum atomic E-state index is 11.6. The highest BCUT2D eigenvalue weighted by Crippen LogP contribution is 2.45. The van der Waals surface area contributed by atoms with Crippen LogP contribution in [0.3, 0.4) is 0 Å². The third-order valence-electron chi connectivity index (χ3n) is 5.12. The van der Waals surface area contributed by atoms with Crippen LogP contribution in [0.2, 0.25) is 0 Å². The predicted molar refractivity (Wildman–Crippen MR) is 117 cm³/mol. The van der Waals surface area contributed by atoms with E-state index in [1.807, 2.05) is 54.6 Å². The van der Waals surface area contributed by atoms with Crippen molar-refractivity contribution in [2.45, 2.75) is 12.0 Å². The van der Waals surface area contributed by atoms with Crippen LogP contribution in [0.25, 0.3) is 0 Å². The van der Waals surface area contributed by atoms with Gasteiger partial charge in [-0.3, -0.25) is 9.28 Å². The van der Waals surface area contributed by atoms with Crippen LogP contribution in [0.5, 0.6) is 0 Å². The fourth-order valence-electron chi connectivity index (χ4n) is 3.89. The first-order valence-corrected chi connectivity index (χ1v) is 11.4. The summed E-state index contributed by atoms with van der Waals surface area (Å²) in [5.41, 5.74) is 3.70. The zero-order chi connectivity index (χ0) is 21.0. The lowest BCUT2D eigenvalue weighted by Gasteiger charge is -2.35. The highest BCUT2D eigenvalue weighted by atomic mass is 32.2. The SMILES string of the molecule is CS(=O)(=O)OCc1c[nH]nc1C(c1ccccc1)(c1ccccc1)c1ccccc1. The summed E-state index contributed by atoms with van der Waals surface area (Å²) in [6.07, 6.45) is 2.75. The van der Waals surface area contributed by atoms with Crippen molar-refractivity contribution in [1.29, 1.82) is 0 Å². The maximum absolute atomic E-state index is 11.6. The average Bonchev–Trinajstić information content (AvgIpc) is 3.24. The second kappa shape index (κ2) is 8.26. The van der Waals surface area contributed by atoms with E-state index in [-0.39, 0.29) is 6.61 Å². The Bertz CT molecular complexity index is 1110. The van der Waals surface area contributed by atoms with Crippen molar-refractivity contribution in [2.24, 2.45) is 0 Å². The van der Waals surface area contributed by atoms with E-state index in [1.54, 1.807) is 6.20 Å². The van der Waals surface area contributed by atoms with Gasteiger partial charge in [0, 0.05) is 11.8 Å². The van der Waals surface area contributed by atoms with Crippen molar-refractivity contribution in [3.63, 3.8) is 0 Å². The van der Waals surface area contributed by atoms with Crippen LogP contribution in [-0.2, 0) is 26.3 Å². The van der Waals surface area contributed by atoms with E-state index >= 15 is 0 Å². The Balaban J connectivity index is 2.04. The van der Waals surface area contributed by atoms with Crippen molar-refractivity contribution >= 4 is 10.1 Å². The molecule has 4 rings (SSSR count). The predicted octanol–water partition coefficient (Wildman–Crippen LogP) is 4.27. The Labute approximate surface area is 176 Å². The molecule has 0 aliphatic rings. The van der Waals surface area contributed by atoms with Gasteiger partial charge in [0.1, 0.15) is 0 Å². The van der Waals surface area contributed by atoms with Crippen LogP contribution < -0.4 is 0 Å². The van der Waals surface area contributed by atoms with Gasteiger partial charge in [0.15, 0.2) is 0 Å². The zero-order valence-corrected chi connectivity index (χ0v) is 17.3. The van der Waals surface area contributed by atoms with Gasteiger partial charge in [0.05, 0.1) is 24.0 Å². The third-order valence-corrected chi connectivity index (χ3v) is 5.67. The van der Waals surface area contributed by atoms with Crippen molar-refractivity contribution in [2.75, 3.05) is 6.26 Å². The van der Waals surface area contributed by atoms with Crippen molar-refractivity contribution in [3.8, 4) is 0 Å². The Morgan fingerprint density at radius 1 is 0.800 bits per heavy atom. The van der Waals surface area contributed by atoms with Crippen molar-refractivity contribution < 1.29 is 12.6 Å². The molecule has 1 N–H and O–H groups in total. The Hall–Kier alpha value is -3.22. The number of H-pyrrole nitrogens is 1. The molecule has 3 aromatic carbocycles. The quantitative estimate of drug-likeness (QED) is 0.359. The molecule has 1 heterocycles. The topological polar surface area (TPSA) is 72.1 Å². The number of hydrogen-bond donors (Lipinski definition) is 1. The van der Waals surface area contributed by atoms with Gasteiger partial charge >= 0.3 is 0 Å². The monoisotopic (exact) mass is 418 g/mol. The standard InChI is InChI=1S/C24H22N2O3S/c1-30(27,28)29-18-19-17-25-26-23(19)24(20-11-5-2-6-12-20,21-13-7-3-8-14-21)22-15-9-4-10-16-22/h2-17H,18H2,1H3,(H,25,26). The molecule has 30 heavy (non-hydrogen) atoms. The summed E-state index contributed by atoms with van der Waals surface area (Å²) in [6, 6.07) is 30.3. The van der Waals surface area contributed by atoms with Gasteiger partial charge in [-0.2, -0.15) is 13.5 Å². The molecule has 6 heteroatoms. The lowest BCUT2D eigenvalue weighted by atomic mass is 9.66. The molecular weight excluding hydrogens is 396 g/mol. The minimum Gasteiger partial charge on any atom is -0.285 e. The first kappa shape index (κ1) is 20.1. The summed E-state index contributed by atoms with van der Waals surface area (Å²) in [6.45, 7) is -0.0983. The highest BCUT2D eigenvalue weighted by Gasteiger charge is 2.42. The van der Waals surface area contributed by atoms with Crippen LogP contribution >= 0.6 is 0 Å². The van der Waals surface area contributed by atoms with E-state index in [1.165, 1.54) is 0 Å². The number of nitrogens with zero attached hydrogens (tertiary/aromatic N) is 1. The van der Waals surface area contributed by atoms with Gasteiger partial charge in [0.25, 0.3) is 10.1 Å².